The summed E-state index contributed by atoms with van der Waals surface area (Å²) in [6, 6.07) is 16.5. The lowest BCUT2D eigenvalue weighted by Crippen LogP contribution is -2.13. The maximum atomic E-state index is 12.4. The third kappa shape index (κ3) is 3.49. The zero-order valence-corrected chi connectivity index (χ0v) is 15.1. The first-order valence-electron chi connectivity index (χ1n) is 7.80. The fourth-order valence-electron chi connectivity index (χ4n) is 2.45. The van der Waals surface area contributed by atoms with Gasteiger partial charge in [0.2, 0.25) is 0 Å². The number of rotatable bonds is 4. The van der Waals surface area contributed by atoms with Crippen molar-refractivity contribution in [3.63, 3.8) is 0 Å². The zero-order valence-electron chi connectivity index (χ0n) is 13.4. The highest BCUT2D eigenvalue weighted by Crippen LogP contribution is 2.26. The summed E-state index contributed by atoms with van der Waals surface area (Å²) < 4.78 is 1.08. The number of nitrogens with zero attached hydrogens (tertiary/aromatic N) is 1. The Kier molecular flexibility index (Phi) is 4.47. The van der Waals surface area contributed by atoms with Gasteiger partial charge in [0.05, 0.1) is 4.88 Å². The SMILES string of the molecule is O=C(Nc1nccs1)c1ccc(NC(=O)c2cc3ccccc3s2)cc1. The molecule has 0 unspecified atom stereocenters. The molecule has 128 valence electrons. The number of carbonyl (C=O) groups excluding carboxylic acids is 2. The largest absolute Gasteiger partial charge is 0.321 e. The number of amides is 2. The Balaban J connectivity index is 1.45. The van der Waals surface area contributed by atoms with Crippen LogP contribution in [-0.2, 0) is 0 Å². The molecule has 2 amide bonds. The molecule has 0 radical (unpaired) electrons. The predicted octanol–water partition coefficient (Wildman–Crippen LogP) is 4.86. The zero-order chi connectivity index (χ0) is 17.9. The van der Waals surface area contributed by atoms with Gasteiger partial charge in [-0.15, -0.1) is 22.7 Å². The average Bonchev–Trinajstić information content (AvgIpc) is 3.31. The summed E-state index contributed by atoms with van der Waals surface area (Å²) in [5.41, 5.74) is 1.14. The molecule has 2 heterocycles. The van der Waals surface area contributed by atoms with Gasteiger partial charge in [-0.1, -0.05) is 18.2 Å². The number of fused-ring (bicyclic) bond motifs is 1. The van der Waals surface area contributed by atoms with E-state index in [1.807, 2.05) is 30.3 Å². The fourth-order valence-corrected chi connectivity index (χ4v) is 3.93. The van der Waals surface area contributed by atoms with Crippen molar-refractivity contribution in [3.8, 4) is 0 Å². The summed E-state index contributed by atoms with van der Waals surface area (Å²) in [6.07, 6.45) is 1.63. The molecule has 4 rings (SSSR count). The van der Waals surface area contributed by atoms with Gasteiger partial charge in [-0.3, -0.25) is 14.9 Å². The van der Waals surface area contributed by atoms with Crippen molar-refractivity contribution in [3.05, 3.63) is 76.6 Å². The van der Waals surface area contributed by atoms with Crippen LogP contribution in [0.4, 0.5) is 10.8 Å². The number of benzene rings is 2. The molecule has 2 aromatic carbocycles. The quantitative estimate of drug-likeness (QED) is 0.532. The van der Waals surface area contributed by atoms with Crippen molar-refractivity contribution in [2.45, 2.75) is 0 Å². The molecule has 2 N–H and O–H groups in total. The van der Waals surface area contributed by atoms with Gasteiger partial charge in [-0.05, 0) is 41.8 Å². The van der Waals surface area contributed by atoms with Gasteiger partial charge >= 0.3 is 0 Å². The van der Waals surface area contributed by atoms with Crippen LogP contribution < -0.4 is 10.6 Å². The third-order valence-corrected chi connectivity index (χ3v) is 5.51. The number of thiazole rings is 1. The minimum atomic E-state index is -0.234. The van der Waals surface area contributed by atoms with Crippen molar-refractivity contribution >= 4 is 55.4 Å². The molecule has 0 aliphatic rings. The van der Waals surface area contributed by atoms with E-state index in [0.29, 0.717) is 21.3 Å². The monoisotopic (exact) mass is 379 g/mol. The number of aromatic nitrogens is 1. The molecular weight excluding hydrogens is 366 g/mol. The first-order chi connectivity index (χ1) is 12.7. The Morgan fingerprint density at radius 3 is 2.46 bits per heavy atom. The standard InChI is InChI=1S/C19H13N3O2S2/c23-17(22-19-20-9-10-25-19)12-5-7-14(8-6-12)21-18(24)16-11-13-3-1-2-4-15(13)26-16/h1-11H,(H,21,24)(H,20,22,23). The minimum Gasteiger partial charge on any atom is -0.321 e. The van der Waals surface area contributed by atoms with Crippen LogP contribution in [0.5, 0.6) is 0 Å². The maximum Gasteiger partial charge on any atom is 0.265 e. The summed E-state index contributed by atoms with van der Waals surface area (Å²) in [7, 11) is 0. The van der Waals surface area contributed by atoms with Crippen molar-refractivity contribution in [2.75, 3.05) is 10.6 Å². The van der Waals surface area contributed by atoms with Crippen molar-refractivity contribution in [2.24, 2.45) is 0 Å². The second-order valence-electron chi connectivity index (χ2n) is 5.47. The fraction of sp³-hybridized carbons (Fsp3) is 0. The van der Waals surface area contributed by atoms with Gasteiger partial charge < -0.3 is 5.32 Å². The summed E-state index contributed by atoms with van der Waals surface area (Å²) in [4.78, 5) is 29.2. The van der Waals surface area contributed by atoms with Gasteiger partial charge in [0.1, 0.15) is 0 Å². The van der Waals surface area contributed by atoms with E-state index in [1.165, 1.54) is 22.7 Å². The Bertz CT molecular complexity index is 1040. The molecule has 26 heavy (non-hydrogen) atoms. The van der Waals surface area contributed by atoms with Crippen LogP contribution in [-0.4, -0.2) is 16.8 Å². The molecule has 0 aliphatic heterocycles. The van der Waals surface area contributed by atoms with E-state index in [0.717, 1.165) is 10.1 Å². The lowest BCUT2D eigenvalue weighted by Gasteiger charge is -2.05. The molecular formula is C19H13N3O2S2. The normalized spacial score (nSPS) is 10.6. The lowest BCUT2D eigenvalue weighted by atomic mass is 10.2. The van der Waals surface area contributed by atoms with Gasteiger partial charge in [-0.25, -0.2) is 4.98 Å². The van der Waals surface area contributed by atoms with Gasteiger partial charge in [0.25, 0.3) is 11.8 Å². The van der Waals surface area contributed by atoms with E-state index in [9.17, 15) is 9.59 Å². The van der Waals surface area contributed by atoms with E-state index in [4.69, 9.17) is 0 Å². The number of anilines is 2. The lowest BCUT2D eigenvalue weighted by molar-refractivity contribution is 0.102. The van der Waals surface area contributed by atoms with Crippen molar-refractivity contribution < 1.29 is 9.59 Å². The Labute approximate surface area is 157 Å². The highest BCUT2D eigenvalue weighted by molar-refractivity contribution is 7.20. The number of hydrogen-bond acceptors (Lipinski definition) is 5. The molecule has 0 aliphatic carbocycles. The first-order valence-corrected chi connectivity index (χ1v) is 9.49. The van der Waals surface area contributed by atoms with Crippen LogP contribution >= 0.6 is 22.7 Å². The van der Waals surface area contributed by atoms with Crippen molar-refractivity contribution in [1.29, 1.82) is 0 Å². The summed E-state index contributed by atoms with van der Waals surface area (Å²) >= 11 is 2.81. The summed E-state index contributed by atoms with van der Waals surface area (Å²) in [5, 5.41) is 8.98. The van der Waals surface area contributed by atoms with Crippen LogP contribution in [0.1, 0.15) is 20.0 Å². The first kappa shape index (κ1) is 16.4. The molecule has 0 saturated heterocycles. The number of thiophene rings is 1. The van der Waals surface area contributed by atoms with E-state index in [2.05, 4.69) is 15.6 Å². The Morgan fingerprint density at radius 1 is 0.923 bits per heavy atom. The van der Waals surface area contributed by atoms with E-state index in [-0.39, 0.29) is 11.8 Å². The highest BCUT2D eigenvalue weighted by atomic mass is 32.1. The highest BCUT2D eigenvalue weighted by Gasteiger charge is 2.11. The van der Waals surface area contributed by atoms with Gasteiger partial charge in [0.15, 0.2) is 5.13 Å². The molecule has 0 saturated carbocycles. The Hall–Kier alpha value is -3.03. The Morgan fingerprint density at radius 2 is 1.73 bits per heavy atom. The molecule has 5 nitrogen and oxygen atoms in total. The molecule has 0 spiro atoms. The molecule has 0 fully saturated rings. The molecule has 7 heteroatoms. The minimum absolute atomic E-state index is 0.161. The third-order valence-electron chi connectivity index (χ3n) is 3.71. The smallest absolute Gasteiger partial charge is 0.265 e. The van der Waals surface area contributed by atoms with Crippen molar-refractivity contribution in [1.82, 2.24) is 4.98 Å². The average molecular weight is 379 g/mol. The molecule has 0 bridgehead atoms. The van der Waals surface area contributed by atoms with Gasteiger partial charge in [0, 0.05) is 27.5 Å². The van der Waals surface area contributed by atoms with E-state index < -0.39 is 0 Å². The topological polar surface area (TPSA) is 71.1 Å². The summed E-state index contributed by atoms with van der Waals surface area (Å²) in [5.74, 6) is -0.395. The molecule has 4 aromatic rings. The molecule has 2 aromatic heterocycles. The van der Waals surface area contributed by atoms with Gasteiger partial charge in [-0.2, -0.15) is 0 Å². The van der Waals surface area contributed by atoms with Crippen LogP contribution in [0, 0.1) is 0 Å². The maximum absolute atomic E-state index is 12.4. The predicted molar refractivity (Wildman–Crippen MR) is 106 cm³/mol. The number of hydrogen-bond donors (Lipinski definition) is 2. The van der Waals surface area contributed by atoms with Crippen LogP contribution in [0.25, 0.3) is 10.1 Å². The summed E-state index contributed by atoms with van der Waals surface area (Å²) in [6.45, 7) is 0. The number of nitrogens with one attached hydrogen (secondary N) is 2. The second-order valence-corrected chi connectivity index (χ2v) is 7.45. The molecule has 0 atom stereocenters. The number of carbonyl (C=O) groups is 2. The van der Waals surface area contributed by atoms with Crippen LogP contribution in [0.15, 0.2) is 66.2 Å². The van der Waals surface area contributed by atoms with Crippen LogP contribution in [0.3, 0.4) is 0 Å². The van der Waals surface area contributed by atoms with E-state index in [1.54, 1.807) is 35.8 Å². The van der Waals surface area contributed by atoms with Crippen LogP contribution in [0.2, 0.25) is 0 Å². The van der Waals surface area contributed by atoms with E-state index >= 15 is 0 Å². The second kappa shape index (κ2) is 7.07.